The van der Waals surface area contributed by atoms with Crippen LogP contribution in [0.1, 0.15) is 30.4 Å². The predicted molar refractivity (Wildman–Crippen MR) is 137 cm³/mol. The van der Waals surface area contributed by atoms with E-state index in [2.05, 4.69) is 35.0 Å². The number of hydrogen-bond acceptors (Lipinski definition) is 4. The molecule has 32 heavy (non-hydrogen) atoms. The summed E-state index contributed by atoms with van der Waals surface area (Å²) >= 11 is 0. The summed E-state index contributed by atoms with van der Waals surface area (Å²) in [4.78, 5) is 16.6. The molecule has 1 aliphatic heterocycles. The van der Waals surface area contributed by atoms with Gasteiger partial charge in [-0.3, -0.25) is 4.79 Å². The van der Waals surface area contributed by atoms with E-state index in [0.717, 1.165) is 36.4 Å². The molecular formula is C24H31IN4O3. The van der Waals surface area contributed by atoms with E-state index in [1.807, 2.05) is 30.3 Å². The van der Waals surface area contributed by atoms with Crippen molar-refractivity contribution in [2.75, 3.05) is 31.6 Å². The Bertz CT molecular complexity index is 947. The number of halogens is 1. The Labute approximate surface area is 206 Å². The predicted octanol–water partition coefficient (Wildman–Crippen LogP) is 3.86. The summed E-state index contributed by atoms with van der Waals surface area (Å²) < 4.78 is 11.5. The van der Waals surface area contributed by atoms with E-state index in [1.54, 1.807) is 0 Å². The molecule has 4 rings (SSSR count). The Hall–Kier alpha value is -2.49. The Morgan fingerprint density at radius 3 is 2.56 bits per heavy atom. The van der Waals surface area contributed by atoms with Gasteiger partial charge >= 0.3 is 0 Å². The summed E-state index contributed by atoms with van der Waals surface area (Å²) in [5.41, 5.74) is 3.24. The van der Waals surface area contributed by atoms with Crippen LogP contribution >= 0.6 is 24.0 Å². The highest BCUT2D eigenvalue weighted by Gasteiger charge is 2.28. The fourth-order valence-corrected chi connectivity index (χ4v) is 3.33. The minimum Gasteiger partial charge on any atom is -0.490 e. The maximum Gasteiger partial charge on any atom is 0.223 e. The first kappa shape index (κ1) is 24.2. The van der Waals surface area contributed by atoms with Crippen molar-refractivity contribution in [3.8, 4) is 11.5 Å². The Kier molecular flexibility index (Phi) is 9.01. The second-order valence-corrected chi connectivity index (χ2v) is 7.92. The van der Waals surface area contributed by atoms with Crippen LogP contribution in [0.4, 0.5) is 5.69 Å². The highest BCUT2D eigenvalue weighted by molar-refractivity contribution is 14.0. The van der Waals surface area contributed by atoms with Crippen LogP contribution in [-0.2, 0) is 11.3 Å². The van der Waals surface area contributed by atoms with Crippen molar-refractivity contribution in [1.82, 2.24) is 10.6 Å². The Morgan fingerprint density at radius 2 is 1.78 bits per heavy atom. The number of benzene rings is 2. The molecule has 1 saturated carbocycles. The van der Waals surface area contributed by atoms with Gasteiger partial charge in [0.15, 0.2) is 17.5 Å². The van der Waals surface area contributed by atoms with Crippen molar-refractivity contribution in [3.05, 3.63) is 53.6 Å². The molecule has 0 bridgehead atoms. The maximum absolute atomic E-state index is 11.8. The molecule has 7 nitrogen and oxygen atoms in total. The minimum absolute atomic E-state index is 0. The number of carbonyl (C=O) groups is 1. The van der Waals surface area contributed by atoms with Gasteiger partial charge in [0.2, 0.25) is 5.91 Å². The largest absolute Gasteiger partial charge is 0.490 e. The molecule has 2 aliphatic rings. The van der Waals surface area contributed by atoms with E-state index < -0.39 is 0 Å². The molecule has 0 aromatic heterocycles. The normalized spacial score (nSPS) is 15.2. The molecule has 0 spiro atoms. The van der Waals surface area contributed by atoms with Crippen molar-refractivity contribution < 1.29 is 14.3 Å². The molecule has 3 N–H and O–H groups in total. The van der Waals surface area contributed by atoms with Crippen LogP contribution in [0.25, 0.3) is 0 Å². The van der Waals surface area contributed by atoms with Crippen LogP contribution in [0.3, 0.4) is 0 Å². The summed E-state index contributed by atoms with van der Waals surface area (Å²) in [5.74, 6) is 2.51. The number of aliphatic imine (C=N–C) groups is 1. The van der Waals surface area contributed by atoms with Gasteiger partial charge in [-0.15, -0.1) is 24.0 Å². The Balaban J connectivity index is 0.00000289. The summed E-state index contributed by atoms with van der Waals surface area (Å²) in [6.45, 7) is 5.09. The lowest BCUT2D eigenvalue weighted by atomic mass is 10.1. The van der Waals surface area contributed by atoms with E-state index >= 15 is 0 Å². The van der Waals surface area contributed by atoms with Crippen molar-refractivity contribution in [2.45, 2.75) is 32.7 Å². The molecule has 1 fully saturated rings. The number of nitrogens with one attached hydrogen (secondary N) is 3. The van der Waals surface area contributed by atoms with E-state index in [1.165, 1.54) is 11.1 Å². The van der Waals surface area contributed by atoms with E-state index in [0.29, 0.717) is 38.8 Å². The quantitative estimate of drug-likeness (QED) is 0.211. The van der Waals surface area contributed by atoms with Gasteiger partial charge in [0.25, 0.3) is 0 Å². The molecule has 0 atom stereocenters. The zero-order chi connectivity index (χ0) is 21.5. The van der Waals surface area contributed by atoms with Gasteiger partial charge in [-0.1, -0.05) is 24.3 Å². The van der Waals surface area contributed by atoms with Gasteiger partial charge in [0.05, 0.1) is 19.8 Å². The fraction of sp³-hybridized carbons (Fsp3) is 0.417. The number of guanidine groups is 1. The fourth-order valence-electron chi connectivity index (χ4n) is 3.33. The number of aryl methyl sites for hydroxylation is 1. The summed E-state index contributed by atoms with van der Waals surface area (Å²) in [6.07, 6.45) is 2.89. The molecule has 1 aliphatic carbocycles. The van der Waals surface area contributed by atoms with Gasteiger partial charge in [0.1, 0.15) is 0 Å². The van der Waals surface area contributed by atoms with Crippen molar-refractivity contribution in [2.24, 2.45) is 10.9 Å². The first-order valence-corrected chi connectivity index (χ1v) is 11.0. The molecular weight excluding hydrogens is 519 g/mol. The van der Waals surface area contributed by atoms with Gasteiger partial charge in [0, 0.05) is 37.2 Å². The van der Waals surface area contributed by atoms with Crippen molar-refractivity contribution in [1.29, 1.82) is 0 Å². The first-order valence-electron chi connectivity index (χ1n) is 11.0. The van der Waals surface area contributed by atoms with Crippen LogP contribution in [0, 0.1) is 12.8 Å². The average molecular weight is 550 g/mol. The van der Waals surface area contributed by atoms with E-state index in [9.17, 15) is 4.79 Å². The average Bonchev–Trinajstić information content (AvgIpc) is 3.63. The second-order valence-electron chi connectivity index (χ2n) is 7.92. The van der Waals surface area contributed by atoms with E-state index in [-0.39, 0.29) is 35.8 Å². The molecule has 2 aromatic carbocycles. The topological polar surface area (TPSA) is 84.0 Å². The zero-order valence-corrected chi connectivity index (χ0v) is 20.7. The summed E-state index contributed by atoms with van der Waals surface area (Å²) in [7, 11) is 0. The molecule has 2 aromatic rings. The third-order valence-corrected chi connectivity index (χ3v) is 5.34. The second kappa shape index (κ2) is 11.9. The van der Waals surface area contributed by atoms with Gasteiger partial charge in [-0.05, 0) is 43.0 Å². The lowest BCUT2D eigenvalue weighted by Gasteiger charge is -2.15. The van der Waals surface area contributed by atoms with Crippen molar-refractivity contribution >= 4 is 41.5 Å². The third-order valence-electron chi connectivity index (χ3n) is 5.34. The number of anilines is 1. The lowest BCUT2D eigenvalue weighted by Crippen LogP contribution is -2.38. The molecule has 172 valence electrons. The van der Waals surface area contributed by atoms with Crippen LogP contribution in [0.2, 0.25) is 0 Å². The highest BCUT2D eigenvalue weighted by Crippen LogP contribution is 2.32. The van der Waals surface area contributed by atoms with Crippen LogP contribution < -0.4 is 25.4 Å². The maximum atomic E-state index is 11.8. The SMILES string of the molecule is Cc1ccccc1CN=C(NCCNC(=O)C1CC1)Nc1ccc2c(c1)OCCCO2.I. The van der Waals surface area contributed by atoms with Crippen LogP contribution in [0.5, 0.6) is 11.5 Å². The van der Waals surface area contributed by atoms with Crippen LogP contribution in [0.15, 0.2) is 47.5 Å². The molecule has 0 radical (unpaired) electrons. The van der Waals surface area contributed by atoms with Crippen molar-refractivity contribution in [3.63, 3.8) is 0 Å². The standard InChI is InChI=1S/C24H30N4O3.HI/c1-17-5-2-3-6-19(17)16-27-24(26-12-11-25-23(29)18-7-8-18)28-20-9-10-21-22(15-20)31-14-4-13-30-21;/h2-3,5-6,9-10,15,18H,4,7-8,11-14,16H2,1H3,(H,25,29)(H2,26,27,28);1H. The Morgan fingerprint density at radius 1 is 1.03 bits per heavy atom. The number of hydrogen-bond donors (Lipinski definition) is 3. The monoisotopic (exact) mass is 550 g/mol. The number of carbonyl (C=O) groups excluding carboxylic acids is 1. The number of rotatable bonds is 7. The highest BCUT2D eigenvalue weighted by atomic mass is 127. The number of nitrogens with zero attached hydrogens (tertiary/aromatic N) is 1. The summed E-state index contributed by atoms with van der Waals surface area (Å²) in [6, 6.07) is 14.0. The molecule has 1 amide bonds. The van der Waals surface area contributed by atoms with Gasteiger partial charge in [-0.2, -0.15) is 0 Å². The minimum atomic E-state index is 0. The number of ether oxygens (including phenoxy) is 2. The number of amides is 1. The molecule has 0 unspecified atom stereocenters. The van der Waals surface area contributed by atoms with E-state index in [4.69, 9.17) is 14.5 Å². The van der Waals surface area contributed by atoms with Gasteiger partial charge in [-0.25, -0.2) is 4.99 Å². The number of fused-ring (bicyclic) bond motifs is 1. The third kappa shape index (κ3) is 7.01. The molecule has 1 heterocycles. The lowest BCUT2D eigenvalue weighted by molar-refractivity contribution is -0.122. The summed E-state index contributed by atoms with van der Waals surface area (Å²) in [5, 5.41) is 9.64. The van der Waals surface area contributed by atoms with Gasteiger partial charge < -0.3 is 25.4 Å². The smallest absolute Gasteiger partial charge is 0.223 e. The first-order chi connectivity index (χ1) is 15.2. The van der Waals surface area contributed by atoms with Crippen LogP contribution in [-0.4, -0.2) is 38.2 Å². The zero-order valence-electron chi connectivity index (χ0n) is 18.4. The molecule has 8 heteroatoms. The molecule has 0 saturated heterocycles.